The van der Waals surface area contributed by atoms with E-state index in [1.807, 2.05) is 71.0 Å². The van der Waals surface area contributed by atoms with Gasteiger partial charge in [0.05, 0.1) is 11.0 Å². The van der Waals surface area contributed by atoms with Gasteiger partial charge in [-0.3, -0.25) is 4.57 Å². The molecule has 0 radical (unpaired) electrons. The van der Waals surface area contributed by atoms with Crippen LogP contribution in [0.5, 0.6) is 0 Å². The molecular formula is C26H29N7O. The van der Waals surface area contributed by atoms with Gasteiger partial charge in [-0.05, 0) is 62.4 Å². The van der Waals surface area contributed by atoms with Crippen LogP contribution in [0.2, 0.25) is 0 Å². The second-order valence-electron chi connectivity index (χ2n) is 8.81. The number of aryl methyl sites for hydroxylation is 1. The minimum Gasteiger partial charge on any atom is -0.354 e. The Hall–Kier alpha value is -3.94. The second-order valence-corrected chi connectivity index (χ2v) is 8.81. The van der Waals surface area contributed by atoms with Crippen molar-refractivity contribution in [2.75, 3.05) is 30.3 Å². The third-order valence-electron chi connectivity index (χ3n) is 6.29. The number of nitrogens with zero attached hydrogens (tertiary/aromatic N) is 5. The highest BCUT2D eigenvalue weighted by molar-refractivity contribution is 5.89. The van der Waals surface area contributed by atoms with Gasteiger partial charge >= 0.3 is 6.03 Å². The van der Waals surface area contributed by atoms with Crippen LogP contribution < -0.4 is 10.6 Å². The summed E-state index contributed by atoms with van der Waals surface area (Å²) in [5.74, 6) is 1.83. The fourth-order valence-corrected chi connectivity index (χ4v) is 4.42. The summed E-state index contributed by atoms with van der Waals surface area (Å²) in [6.07, 6.45) is 6.64. The molecule has 8 heteroatoms. The Bertz CT molecular complexity index is 1270. The van der Waals surface area contributed by atoms with Crippen LogP contribution in [0, 0.1) is 12.8 Å². The molecule has 0 spiro atoms. The van der Waals surface area contributed by atoms with Crippen LogP contribution >= 0.6 is 0 Å². The lowest BCUT2D eigenvalue weighted by molar-refractivity contribution is 0.175. The van der Waals surface area contributed by atoms with E-state index in [4.69, 9.17) is 0 Å². The Morgan fingerprint density at radius 3 is 2.82 bits per heavy atom. The molecule has 0 aliphatic carbocycles. The van der Waals surface area contributed by atoms with E-state index in [9.17, 15) is 4.79 Å². The first-order chi connectivity index (χ1) is 16.7. The molecule has 4 aromatic rings. The Morgan fingerprint density at radius 1 is 1.09 bits per heavy atom. The molecule has 2 aromatic carbocycles. The highest BCUT2D eigenvalue weighted by Crippen LogP contribution is 2.21. The summed E-state index contributed by atoms with van der Waals surface area (Å²) in [4.78, 5) is 28.1. The smallest absolute Gasteiger partial charge is 0.321 e. The highest BCUT2D eigenvalue weighted by Gasteiger charge is 2.23. The van der Waals surface area contributed by atoms with E-state index in [0.29, 0.717) is 11.9 Å². The summed E-state index contributed by atoms with van der Waals surface area (Å²) >= 11 is 0. The molecule has 174 valence electrons. The van der Waals surface area contributed by atoms with Crippen molar-refractivity contribution >= 4 is 28.7 Å². The summed E-state index contributed by atoms with van der Waals surface area (Å²) in [5.41, 5.74) is 3.96. The fraction of sp³-hybridized carbons (Fsp3) is 0.308. The monoisotopic (exact) mass is 455 g/mol. The van der Waals surface area contributed by atoms with Crippen molar-refractivity contribution in [1.29, 1.82) is 0 Å². The van der Waals surface area contributed by atoms with E-state index in [-0.39, 0.29) is 6.03 Å². The van der Waals surface area contributed by atoms with Gasteiger partial charge in [-0.1, -0.05) is 29.8 Å². The molecule has 1 saturated heterocycles. The van der Waals surface area contributed by atoms with Crippen molar-refractivity contribution in [3.05, 3.63) is 72.7 Å². The van der Waals surface area contributed by atoms with E-state index in [0.717, 1.165) is 61.4 Å². The lowest BCUT2D eigenvalue weighted by atomic mass is 9.95. The fourth-order valence-electron chi connectivity index (χ4n) is 4.42. The number of fused-ring (bicyclic) bond motifs is 1. The maximum atomic E-state index is 12.7. The maximum Gasteiger partial charge on any atom is 0.321 e. The molecule has 2 N–H and O–H groups in total. The number of para-hydroxylation sites is 2. The lowest BCUT2D eigenvalue weighted by Crippen LogP contribution is -2.42. The van der Waals surface area contributed by atoms with Gasteiger partial charge in [-0.15, -0.1) is 0 Å². The van der Waals surface area contributed by atoms with Crippen LogP contribution in [-0.4, -0.2) is 50.1 Å². The molecule has 1 fully saturated rings. The van der Waals surface area contributed by atoms with Crippen LogP contribution in [0.4, 0.5) is 16.4 Å². The SMILES string of the molecule is Cc1ccc(NC(=O)N2CCCC(CCNc3nccc(-n4cnc5ccccc54)n3)C2)cc1. The summed E-state index contributed by atoms with van der Waals surface area (Å²) in [6, 6.07) is 17.7. The molecule has 1 aliphatic rings. The molecule has 3 heterocycles. The van der Waals surface area contributed by atoms with Crippen molar-refractivity contribution in [2.24, 2.45) is 5.92 Å². The summed E-state index contributed by atoms with van der Waals surface area (Å²) in [5, 5.41) is 6.37. The third kappa shape index (κ3) is 5.01. The molecule has 5 rings (SSSR count). The van der Waals surface area contributed by atoms with Crippen LogP contribution in [-0.2, 0) is 0 Å². The van der Waals surface area contributed by atoms with Gasteiger partial charge in [-0.25, -0.2) is 14.8 Å². The Balaban J connectivity index is 1.15. The highest BCUT2D eigenvalue weighted by atomic mass is 16.2. The number of likely N-dealkylation sites (tertiary alicyclic amines) is 1. The standard InChI is InChI=1S/C26H29N7O/c1-19-8-10-21(11-9-19)30-26(34)32-16-4-5-20(17-32)12-14-27-25-28-15-13-24(31-25)33-18-29-22-6-2-3-7-23(22)33/h2-3,6-11,13,15,18,20H,4-5,12,14,16-17H2,1H3,(H,30,34)(H,27,28,31). The van der Waals surface area contributed by atoms with E-state index in [1.54, 1.807) is 12.5 Å². The number of hydrogen-bond donors (Lipinski definition) is 2. The number of benzene rings is 2. The predicted molar refractivity (Wildman–Crippen MR) is 134 cm³/mol. The number of aromatic nitrogens is 4. The third-order valence-corrected chi connectivity index (χ3v) is 6.29. The number of carbonyl (C=O) groups excluding carboxylic acids is 1. The van der Waals surface area contributed by atoms with Gasteiger partial charge < -0.3 is 15.5 Å². The number of carbonyl (C=O) groups is 1. The summed E-state index contributed by atoms with van der Waals surface area (Å²) < 4.78 is 1.97. The van der Waals surface area contributed by atoms with Crippen molar-refractivity contribution in [1.82, 2.24) is 24.4 Å². The lowest BCUT2D eigenvalue weighted by Gasteiger charge is -2.32. The number of rotatable bonds is 6. The topological polar surface area (TPSA) is 88.0 Å². The number of piperidine rings is 1. The average Bonchev–Trinajstić information content (AvgIpc) is 3.30. The first-order valence-electron chi connectivity index (χ1n) is 11.8. The molecule has 34 heavy (non-hydrogen) atoms. The van der Waals surface area contributed by atoms with Gasteiger partial charge in [0.2, 0.25) is 5.95 Å². The Kier molecular flexibility index (Phi) is 6.38. The molecule has 2 aromatic heterocycles. The minimum absolute atomic E-state index is 0.0231. The van der Waals surface area contributed by atoms with Gasteiger partial charge in [0.15, 0.2) is 0 Å². The number of hydrogen-bond acceptors (Lipinski definition) is 5. The maximum absolute atomic E-state index is 12.7. The van der Waals surface area contributed by atoms with Crippen molar-refractivity contribution in [3.63, 3.8) is 0 Å². The number of imidazole rings is 1. The Labute approximate surface area is 199 Å². The van der Waals surface area contributed by atoms with Gasteiger partial charge in [0.1, 0.15) is 12.1 Å². The van der Waals surface area contributed by atoms with E-state index in [2.05, 4.69) is 25.6 Å². The summed E-state index contributed by atoms with van der Waals surface area (Å²) in [7, 11) is 0. The largest absolute Gasteiger partial charge is 0.354 e. The zero-order chi connectivity index (χ0) is 23.3. The molecular weight excluding hydrogens is 426 g/mol. The number of anilines is 2. The second kappa shape index (κ2) is 9.91. The number of nitrogens with one attached hydrogen (secondary N) is 2. The van der Waals surface area contributed by atoms with E-state index < -0.39 is 0 Å². The van der Waals surface area contributed by atoms with E-state index in [1.165, 1.54) is 5.56 Å². The van der Waals surface area contributed by atoms with Crippen molar-refractivity contribution < 1.29 is 4.79 Å². The van der Waals surface area contributed by atoms with Crippen molar-refractivity contribution in [2.45, 2.75) is 26.2 Å². The predicted octanol–water partition coefficient (Wildman–Crippen LogP) is 4.87. The van der Waals surface area contributed by atoms with Gasteiger partial charge in [0.25, 0.3) is 0 Å². The van der Waals surface area contributed by atoms with E-state index >= 15 is 0 Å². The average molecular weight is 456 g/mol. The molecule has 1 aliphatic heterocycles. The molecule has 2 amide bonds. The zero-order valence-electron chi connectivity index (χ0n) is 19.3. The molecule has 1 unspecified atom stereocenters. The van der Waals surface area contributed by atoms with Gasteiger partial charge in [0, 0.05) is 31.5 Å². The molecule has 0 bridgehead atoms. The van der Waals surface area contributed by atoms with Crippen molar-refractivity contribution in [3.8, 4) is 5.82 Å². The number of urea groups is 1. The quantitative estimate of drug-likeness (QED) is 0.433. The number of amides is 2. The van der Waals surface area contributed by atoms with Crippen LogP contribution in [0.1, 0.15) is 24.8 Å². The first-order valence-corrected chi connectivity index (χ1v) is 11.8. The normalized spacial score (nSPS) is 15.9. The molecule has 0 saturated carbocycles. The minimum atomic E-state index is -0.0231. The van der Waals surface area contributed by atoms with Crippen LogP contribution in [0.15, 0.2) is 67.1 Å². The zero-order valence-corrected chi connectivity index (χ0v) is 19.3. The van der Waals surface area contributed by atoms with Crippen LogP contribution in [0.25, 0.3) is 16.9 Å². The van der Waals surface area contributed by atoms with Crippen LogP contribution in [0.3, 0.4) is 0 Å². The first kappa shape index (κ1) is 21.9. The van der Waals surface area contributed by atoms with Gasteiger partial charge in [-0.2, -0.15) is 4.98 Å². The summed E-state index contributed by atoms with van der Waals surface area (Å²) in [6.45, 7) is 4.36. The molecule has 1 atom stereocenters. The molecule has 8 nitrogen and oxygen atoms in total. The Morgan fingerprint density at radius 2 is 1.94 bits per heavy atom.